The number of carbonyl (C=O) groups is 1. The highest BCUT2D eigenvalue weighted by Gasteiger charge is 2.33. The van der Waals surface area contributed by atoms with Crippen molar-refractivity contribution in [1.82, 2.24) is 20.0 Å². The van der Waals surface area contributed by atoms with E-state index in [0.29, 0.717) is 12.5 Å². The summed E-state index contributed by atoms with van der Waals surface area (Å²) in [5.41, 5.74) is 0.857. The van der Waals surface area contributed by atoms with E-state index in [1.165, 1.54) is 5.56 Å². The summed E-state index contributed by atoms with van der Waals surface area (Å²) >= 11 is 0. The fourth-order valence-corrected chi connectivity index (χ4v) is 3.71. The van der Waals surface area contributed by atoms with Gasteiger partial charge in [-0.25, -0.2) is 4.79 Å². The van der Waals surface area contributed by atoms with Crippen molar-refractivity contribution in [3.8, 4) is 0 Å². The molecule has 1 aromatic heterocycles. The molecule has 1 aromatic carbocycles. The Bertz CT molecular complexity index is 725. The van der Waals surface area contributed by atoms with Gasteiger partial charge in [-0.1, -0.05) is 30.3 Å². The molecule has 6 nitrogen and oxygen atoms in total. The molecule has 1 saturated heterocycles. The van der Waals surface area contributed by atoms with Crippen LogP contribution in [0.15, 0.2) is 48.8 Å². The molecule has 1 fully saturated rings. The highest BCUT2D eigenvalue weighted by Crippen LogP contribution is 2.29. The van der Waals surface area contributed by atoms with E-state index in [-0.39, 0.29) is 12.1 Å². The summed E-state index contributed by atoms with van der Waals surface area (Å²) in [7, 11) is 0. The number of aryl methyl sites for hydroxylation is 1. The number of ether oxygens (including phenoxy) is 1. The first-order chi connectivity index (χ1) is 13.4. The molecule has 152 valence electrons. The average molecular weight is 385 g/mol. The van der Waals surface area contributed by atoms with Gasteiger partial charge in [0, 0.05) is 44.0 Å². The summed E-state index contributed by atoms with van der Waals surface area (Å²) in [6.07, 6.45) is 5.49. The quantitative estimate of drug-likeness (QED) is 0.772. The molecule has 1 N–H and O–H groups in total. The third kappa shape index (κ3) is 5.83. The number of rotatable bonds is 6. The van der Waals surface area contributed by atoms with Crippen molar-refractivity contribution in [2.75, 3.05) is 19.6 Å². The van der Waals surface area contributed by atoms with Crippen molar-refractivity contribution in [3.63, 3.8) is 0 Å². The molecule has 0 unspecified atom stereocenters. The van der Waals surface area contributed by atoms with Gasteiger partial charge in [-0.3, -0.25) is 4.68 Å². The molecule has 1 aliphatic rings. The largest absolute Gasteiger partial charge is 0.444 e. The standard InChI is InChI=1S/C22H32N4O2/c1-22(2,3)28-21(27)25-16-11-19(18-9-5-4-6-10-18)20(17-25)23-12-7-14-26-15-8-13-24-26/h4-6,8-10,13,15,19-20,23H,7,11-12,14,16-17H2,1-3H3/t19-,20+/m0/s1. The van der Waals surface area contributed by atoms with Crippen LogP contribution in [0.1, 0.15) is 45.1 Å². The van der Waals surface area contributed by atoms with Crippen LogP contribution in [-0.4, -0.2) is 52.1 Å². The van der Waals surface area contributed by atoms with Crippen molar-refractivity contribution >= 4 is 6.09 Å². The van der Waals surface area contributed by atoms with Gasteiger partial charge in [-0.15, -0.1) is 0 Å². The molecular formula is C22H32N4O2. The minimum atomic E-state index is -0.472. The van der Waals surface area contributed by atoms with Crippen LogP contribution in [0.2, 0.25) is 0 Å². The Morgan fingerprint density at radius 2 is 2.04 bits per heavy atom. The Kier molecular flexibility index (Phi) is 6.73. The van der Waals surface area contributed by atoms with Crippen LogP contribution in [0.25, 0.3) is 0 Å². The number of likely N-dealkylation sites (tertiary alicyclic amines) is 1. The molecule has 0 spiro atoms. The summed E-state index contributed by atoms with van der Waals surface area (Å²) < 4.78 is 7.54. The summed E-state index contributed by atoms with van der Waals surface area (Å²) in [5, 5.41) is 7.94. The molecule has 0 bridgehead atoms. The van der Waals surface area contributed by atoms with Crippen molar-refractivity contribution in [1.29, 1.82) is 0 Å². The Balaban J connectivity index is 1.61. The molecule has 0 aliphatic carbocycles. The van der Waals surface area contributed by atoms with Gasteiger partial charge in [0.05, 0.1) is 0 Å². The smallest absolute Gasteiger partial charge is 0.410 e. The van der Waals surface area contributed by atoms with Gasteiger partial charge in [0.1, 0.15) is 5.60 Å². The predicted octanol–water partition coefficient (Wildman–Crippen LogP) is 3.66. The minimum Gasteiger partial charge on any atom is -0.444 e. The number of aromatic nitrogens is 2. The van der Waals surface area contributed by atoms with Crippen LogP contribution in [0.5, 0.6) is 0 Å². The van der Waals surface area contributed by atoms with Gasteiger partial charge in [0.25, 0.3) is 0 Å². The number of carbonyl (C=O) groups excluding carboxylic acids is 1. The number of benzene rings is 1. The van der Waals surface area contributed by atoms with E-state index >= 15 is 0 Å². The minimum absolute atomic E-state index is 0.210. The molecule has 6 heteroatoms. The second kappa shape index (κ2) is 9.24. The van der Waals surface area contributed by atoms with Crippen LogP contribution < -0.4 is 5.32 Å². The lowest BCUT2D eigenvalue weighted by molar-refractivity contribution is 0.0171. The summed E-state index contributed by atoms with van der Waals surface area (Å²) in [5.74, 6) is 0.393. The van der Waals surface area contributed by atoms with Gasteiger partial charge in [-0.2, -0.15) is 5.10 Å². The predicted molar refractivity (Wildman–Crippen MR) is 110 cm³/mol. The fourth-order valence-electron chi connectivity index (χ4n) is 3.71. The summed E-state index contributed by atoms with van der Waals surface area (Å²) in [4.78, 5) is 14.4. The van der Waals surface area contributed by atoms with Crippen LogP contribution in [-0.2, 0) is 11.3 Å². The van der Waals surface area contributed by atoms with Crippen molar-refractivity contribution in [2.24, 2.45) is 0 Å². The van der Waals surface area contributed by atoms with Crippen LogP contribution in [0.3, 0.4) is 0 Å². The lowest BCUT2D eigenvalue weighted by Gasteiger charge is -2.39. The second-order valence-electron chi connectivity index (χ2n) is 8.42. The molecule has 1 amide bonds. The van der Waals surface area contributed by atoms with Gasteiger partial charge in [-0.05, 0) is 51.8 Å². The van der Waals surface area contributed by atoms with Crippen molar-refractivity contribution in [2.45, 2.75) is 57.7 Å². The lowest BCUT2D eigenvalue weighted by Crippen LogP contribution is -2.52. The number of piperidine rings is 1. The second-order valence-corrected chi connectivity index (χ2v) is 8.42. The number of nitrogens with zero attached hydrogens (tertiary/aromatic N) is 3. The van der Waals surface area contributed by atoms with Gasteiger partial charge >= 0.3 is 6.09 Å². The normalized spacial score (nSPS) is 20.2. The van der Waals surface area contributed by atoms with E-state index in [0.717, 1.165) is 32.5 Å². The third-order valence-corrected chi connectivity index (χ3v) is 5.02. The fraction of sp³-hybridized carbons (Fsp3) is 0.545. The van der Waals surface area contributed by atoms with E-state index < -0.39 is 5.60 Å². The van der Waals surface area contributed by atoms with Gasteiger partial charge in [0.15, 0.2) is 0 Å². The SMILES string of the molecule is CC(C)(C)OC(=O)N1CC[C@@H](c2ccccc2)[C@H](NCCCn2cccn2)C1. The highest BCUT2D eigenvalue weighted by atomic mass is 16.6. The van der Waals surface area contributed by atoms with Crippen LogP contribution >= 0.6 is 0 Å². The number of hydrogen-bond acceptors (Lipinski definition) is 4. The van der Waals surface area contributed by atoms with E-state index in [9.17, 15) is 4.79 Å². The Morgan fingerprint density at radius 1 is 1.25 bits per heavy atom. The van der Waals surface area contributed by atoms with Gasteiger partial charge < -0.3 is 15.0 Å². The summed E-state index contributed by atoms with van der Waals surface area (Å²) in [6.45, 7) is 8.89. The highest BCUT2D eigenvalue weighted by molar-refractivity contribution is 5.68. The zero-order valence-corrected chi connectivity index (χ0v) is 17.2. The van der Waals surface area contributed by atoms with Crippen LogP contribution in [0, 0.1) is 0 Å². The Labute approximate surface area is 167 Å². The molecule has 2 heterocycles. The third-order valence-electron chi connectivity index (χ3n) is 5.02. The molecule has 1 aliphatic heterocycles. The van der Waals surface area contributed by atoms with E-state index in [4.69, 9.17) is 4.74 Å². The topological polar surface area (TPSA) is 59.4 Å². The Hall–Kier alpha value is -2.34. The zero-order valence-electron chi connectivity index (χ0n) is 17.2. The lowest BCUT2D eigenvalue weighted by atomic mass is 9.85. The molecule has 28 heavy (non-hydrogen) atoms. The first kappa shape index (κ1) is 20.4. The van der Waals surface area contributed by atoms with Crippen molar-refractivity contribution in [3.05, 3.63) is 54.4 Å². The van der Waals surface area contributed by atoms with Crippen LogP contribution in [0.4, 0.5) is 4.79 Å². The maximum absolute atomic E-state index is 12.6. The van der Waals surface area contributed by atoms with E-state index in [1.807, 2.05) is 48.7 Å². The first-order valence-corrected chi connectivity index (χ1v) is 10.2. The maximum Gasteiger partial charge on any atom is 0.410 e. The molecular weight excluding hydrogens is 352 g/mol. The van der Waals surface area contributed by atoms with E-state index in [2.05, 4.69) is 34.7 Å². The zero-order chi connectivity index (χ0) is 20.0. The molecule has 0 radical (unpaired) electrons. The van der Waals surface area contributed by atoms with Gasteiger partial charge in [0.2, 0.25) is 0 Å². The average Bonchev–Trinajstić information content (AvgIpc) is 3.18. The first-order valence-electron chi connectivity index (χ1n) is 10.2. The van der Waals surface area contributed by atoms with E-state index in [1.54, 1.807) is 6.20 Å². The molecule has 2 aromatic rings. The monoisotopic (exact) mass is 384 g/mol. The summed E-state index contributed by atoms with van der Waals surface area (Å²) in [6, 6.07) is 12.7. The number of amides is 1. The number of hydrogen-bond donors (Lipinski definition) is 1. The molecule has 0 saturated carbocycles. The molecule has 3 rings (SSSR count). The maximum atomic E-state index is 12.6. The Morgan fingerprint density at radius 3 is 2.71 bits per heavy atom. The van der Waals surface area contributed by atoms with Crippen molar-refractivity contribution < 1.29 is 9.53 Å². The number of nitrogens with one attached hydrogen (secondary N) is 1. The molecule has 2 atom stereocenters.